The minimum atomic E-state index is -5.24. The Bertz CT molecular complexity index is 268. The molecule has 0 saturated carbocycles. The predicted molar refractivity (Wildman–Crippen MR) is 30.1 cm³/mol. The van der Waals surface area contributed by atoms with E-state index in [0.29, 0.717) is 11.8 Å². The Balaban J connectivity index is 4.42. The van der Waals surface area contributed by atoms with E-state index in [1.807, 2.05) is 0 Å². The van der Waals surface area contributed by atoms with Gasteiger partial charge in [0.2, 0.25) is 0 Å². The molecule has 0 bridgehead atoms. The van der Waals surface area contributed by atoms with Crippen LogP contribution < -0.4 is 4.72 Å². The number of hydrogen-bond acceptors (Lipinski definition) is 4. The summed E-state index contributed by atoms with van der Waals surface area (Å²) >= 11 is 0. The number of carbonyl (C=O) groups excluding carboxylic acids is 1. The van der Waals surface area contributed by atoms with Crippen LogP contribution in [0, 0.1) is 0 Å². The molecule has 9 heteroatoms. The first kappa shape index (κ1) is 11.2. The maximum atomic E-state index is 11.4. The molecule has 0 heterocycles. The molecule has 1 amide bonds. The number of hydrogen-bond donors (Lipinski definition) is 1. The van der Waals surface area contributed by atoms with Crippen LogP contribution in [0.4, 0.5) is 13.2 Å². The van der Waals surface area contributed by atoms with Crippen molar-refractivity contribution in [3.8, 4) is 0 Å². The van der Waals surface area contributed by atoms with Gasteiger partial charge in [0.05, 0.1) is 7.11 Å². The van der Waals surface area contributed by atoms with Gasteiger partial charge in [-0.15, -0.1) is 0 Å². The number of nitrogens with one attached hydrogen (secondary N) is 1. The van der Waals surface area contributed by atoms with Gasteiger partial charge in [0.1, 0.15) is 0 Å². The fraction of sp³-hybridized carbons (Fsp3) is 0.667. The summed E-state index contributed by atoms with van der Waals surface area (Å²) in [7, 11) is -4.00. The van der Waals surface area contributed by atoms with Crippen LogP contribution in [0.5, 0.6) is 0 Å². The molecule has 0 saturated heterocycles. The monoisotopic (exact) mass is 207 g/mol. The molecule has 0 unspecified atom stereocenters. The zero-order valence-corrected chi connectivity index (χ0v) is 6.49. The third kappa shape index (κ3) is 3.53. The molecular weight excluding hydrogens is 203 g/mol. The second-order valence-electron chi connectivity index (χ2n) is 1.55. The maximum Gasteiger partial charge on any atom is 0.472 e. The normalized spacial score (nSPS) is 12.7. The first-order valence-corrected chi connectivity index (χ1v) is 3.79. The molecular formula is C3H4F3NO4S. The van der Waals surface area contributed by atoms with E-state index in [9.17, 15) is 26.4 Å². The van der Waals surface area contributed by atoms with Crippen molar-refractivity contribution in [3.63, 3.8) is 0 Å². The summed E-state index contributed by atoms with van der Waals surface area (Å²) in [4.78, 5) is 9.94. The standard InChI is InChI=1S/C3H4F3NO4S/c1-11-12(9,10)7-2(8)3(4,5)6/h1H3,(H,7,8). The highest BCUT2D eigenvalue weighted by Crippen LogP contribution is 2.14. The van der Waals surface area contributed by atoms with Crippen molar-refractivity contribution in [2.75, 3.05) is 7.11 Å². The van der Waals surface area contributed by atoms with E-state index in [1.54, 1.807) is 0 Å². The van der Waals surface area contributed by atoms with Crippen molar-refractivity contribution < 1.29 is 30.6 Å². The molecule has 72 valence electrons. The van der Waals surface area contributed by atoms with Crippen molar-refractivity contribution in [3.05, 3.63) is 0 Å². The summed E-state index contributed by atoms with van der Waals surface area (Å²) in [5, 5.41) is 0. The van der Waals surface area contributed by atoms with Gasteiger partial charge >= 0.3 is 22.4 Å². The highest BCUT2D eigenvalue weighted by Gasteiger charge is 2.41. The lowest BCUT2D eigenvalue weighted by atomic mass is 10.6. The molecule has 0 atom stereocenters. The Labute approximate surface area is 65.8 Å². The number of carbonyl (C=O) groups is 1. The van der Waals surface area contributed by atoms with Gasteiger partial charge in [-0.05, 0) is 0 Å². The van der Waals surface area contributed by atoms with Crippen LogP contribution in [0.2, 0.25) is 0 Å². The van der Waals surface area contributed by atoms with Gasteiger partial charge in [0, 0.05) is 0 Å². The van der Waals surface area contributed by atoms with E-state index in [2.05, 4.69) is 4.18 Å². The lowest BCUT2D eigenvalue weighted by Gasteiger charge is -2.05. The topological polar surface area (TPSA) is 72.5 Å². The van der Waals surface area contributed by atoms with Crippen LogP contribution >= 0.6 is 0 Å². The Morgan fingerprint density at radius 1 is 1.42 bits per heavy atom. The lowest BCUT2D eigenvalue weighted by molar-refractivity contribution is -0.171. The van der Waals surface area contributed by atoms with Crippen LogP contribution in [0.25, 0.3) is 0 Å². The van der Waals surface area contributed by atoms with Crippen LogP contribution in [0.3, 0.4) is 0 Å². The van der Waals surface area contributed by atoms with Gasteiger partial charge in [0.15, 0.2) is 0 Å². The first-order valence-electron chi connectivity index (χ1n) is 2.38. The molecule has 0 radical (unpaired) electrons. The molecule has 12 heavy (non-hydrogen) atoms. The summed E-state index contributed by atoms with van der Waals surface area (Å²) in [6, 6.07) is 0. The molecule has 0 rings (SSSR count). The van der Waals surface area contributed by atoms with E-state index < -0.39 is 22.4 Å². The third-order valence-corrected chi connectivity index (χ3v) is 1.57. The lowest BCUT2D eigenvalue weighted by Crippen LogP contribution is -2.40. The SMILES string of the molecule is COS(=O)(=O)NC(=O)C(F)(F)F. The summed E-state index contributed by atoms with van der Waals surface area (Å²) in [6.45, 7) is 0. The van der Waals surface area contributed by atoms with Crippen LogP contribution in [0.1, 0.15) is 0 Å². The number of amides is 1. The fourth-order valence-corrected chi connectivity index (χ4v) is 0.639. The quantitative estimate of drug-likeness (QED) is 0.666. The third-order valence-electron chi connectivity index (χ3n) is 0.695. The highest BCUT2D eigenvalue weighted by atomic mass is 32.2. The summed E-state index contributed by atoms with van der Waals surface area (Å²) in [6.07, 6.45) is -5.24. The van der Waals surface area contributed by atoms with Crippen molar-refractivity contribution >= 4 is 16.2 Å². The molecule has 0 aromatic heterocycles. The summed E-state index contributed by atoms with van der Waals surface area (Å²) in [5.41, 5.74) is 0. The molecule has 0 spiro atoms. The van der Waals surface area contributed by atoms with Gasteiger partial charge < -0.3 is 0 Å². The second-order valence-corrected chi connectivity index (χ2v) is 3.00. The van der Waals surface area contributed by atoms with Crippen LogP contribution in [-0.2, 0) is 19.3 Å². The zero-order valence-electron chi connectivity index (χ0n) is 5.68. The van der Waals surface area contributed by atoms with E-state index in [1.165, 1.54) is 0 Å². The first-order chi connectivity index (χ1) is 5.19. The average Bonchev–Trinajstić information content (AvgIpc) is 1.85. The van der Waals surface area contributed by atoms with Crippen LogP contribution in [-0.4, -0.2) is 27.6 Å². The summed E-state index contributed by atoms with van der Waals surface area (Å²) < 4.78 is 58.7. The summed E-state index contributed by atoms with van der Waals surface area (Å²) in [5.74, 6) is -2.59. The van der Waals surface area contributed by atoms with E-state index >= 15 is 0 Å². The smallest absolute Gasteiger partial charge is 0.263 e. The molecule has 0 fully saturated rings. The minimum absolute atomic E-state index is 0.617. The molecule has 0 aromatic carbocycles. The highest BCUT2D eigenvalue weighted by molar-refractivity contribution is 7.85. The van der Waals surface area contributed by atoms with Gasteiger partial charge in [-0.3, -0.25) is 8.98 Å². The average molecular weight is 207 g/mol. The van der Waals surface area contributed by atoms with E-state index in [4.69, 9.17) is 0 Å². The molecule has 0 aromatic rings. The fourth-order valence-electron chi connectivity index (χ4n) is 0.213. The molecule has 0 aliphatic carbocycles. The van der Waals surface area contributed by atoms with Crippen molar-refractivity contribution in [1.29, 1.82) is 0 Å². The van der Waals surface area contributed by atoms with E-state index in [-0.39, 0.29) is 0 Å². The maximum absolute atomic E-state index is 11.4. The minimum Gasteiger partial charge on any atom is -0.263 e. The zero-order chi connectivity index (χ0) is 9.99. The molecule has 5 nitrogen and oxygen atoms in total. The van der Waals surface area contributed by atoms with Crippen molar-refractivity contribution in [2.24, 2.45) is 0 Å². The van der Waals surface area contributed by atoms with E-state index in [0.717, 1.165) is 0 Å². The number of halogens is 3. The van der Waals surface area contributed by atoms with Crippen LogP contribution in [0.15, 0.2) is 0 Å². The predicted octanol–water partition coefficient (Wildman–Crippen LogP) is -0.444. The number of alkyl halides is 3. The Morgan fingerprint density at radius 3 is 2.08 bits per heavy atom. The van der Waals surface area contributed by atoms with Crippen molar-refractivity contribution in [1.82, 2.24) is 4.72 Å². The molecule has 0 aliphatic rings. The van der Waals surface area contributed by atoms with Gasteiger partial charge in [-0.1, -0.05) is 0 Å². The van der Waals surface area contributed by atoms with Gasteiger partial charge in [-0.2, -0.15) is 21.6 Å². The van der Waals surface area contributed by atoms with Crippen molar-refractivity contribution in [2.45, 2.75) is 6.18 Å². The second kappa shape index (κ2) is 3.27. The Hall–Kier alpha value is -0.830. The molecule has 1 N–H and O–H groups in total. The Kier molecular flexibility index (Phi) is 3.04. The largest absolute Gasteiger partial charge is 0.472 e. The van der Waals surface area contributed by atoms with Gasteiger partial charge in [0.25, 0.3) is 0 Å². The Morgan fingerprint density at radius 2 is 1.83 bits per heavy atom. The van der Waals surface area contributed by atoms with Gasteiger partial charge in [-0.25, -0.2) is 4.72 Å². The molecule has 0 aliphatic heterocycles. The number of rotatable bonds is 2.